The topological polar surface area (TPSA) is 79.6 Å². The maximum Gasteiger partial charge on any atom is 0.395 e. The third-order valence-electron chi connectivity index (χ3n) is 3.37. The number of hydrogen-bond donors (Lipinski definition) is 2. The zero-order valence-electron chi connectivity index (χ0n) is 13.7. The van der Waals surface area contributed by atoms with Crippen LogP contribution in [0.5, 0.6) is 0 Å². The van der Waals surface area contributed by atoms with Crippen LogP contribution >= 0.6 is 0 Å². The highest BCUT2D eigenvalue weighted by atomic mass is 16.4. The van der Waals surface area contributed by atoms with Crippen molar-refractivity contribution in [3.63, 3.8) is 0 Å². The van der Waals surface area contributed by atoms with Gasteiger partial charge in [0, 0.05) is 32.3 Å². The fourth-order valence-corrected chi connectivity index (χ4v) is 2.29. The summed E-state index contributed by atoms with van der Waals surface area (Å²) < 4.78 is 6.83. The normalized spacial score (nSPS) is 11.1. The van der Waals surface area contributed by atoms with Crippen LogP contribution in [-0.2, 0) is 16.0 Å². The Labute approximate surface area is 132 Å². The Morgan fingerprint density at radius 3 is 2.82 bits per heavy atom. The molecule has 0 bridgehead atoms. The molecule has 1 heterocycles. The summed E-state index contributed by atoms with van der Waals surface area (Å²) in [5.74, 6) is -0.746. The van der Waals surface area contributed by atoms with E-state index in [-0.39, 0.29) is 6.42 Å². The van der Waals surface area contributed by atoms with Crippen molar-refractivity contribution < 1.29 is 14.6 Å². The number of aryl methyl sites for hydroxylation is 2. The number of carboxylic acid groups (broad SMARTS) is 1. The number of nitrogens with one attached hydrogen (secondary N) is 1. The van der Waals surface area contributed by atoms with Crippen LogP contribution < -0.4 is 5.23 Å². The van der Waals surface area contributed by atoms with Gasteiger partial charge in [-0.1, -0.05) is 0 Å². The van der Waals surface area contributed by atoms with Gasteiger partial charge in [0.1, 0.15) is 0 Å². The lowest BCUT2D eigenvalue weighted by atomic mass is 10.2. The summed E-state index contributed by atoms with van der Waals surface area (Å²) in [5, 5.41) is 16.3. The molecule has 8 heteroatoms. The molecule has 0 unspecified atom stereocenters. The quantitative estimate of drug-likeness (QED) is 0.431. The zero-order valence-corrected chi connectivity index (χ0v) is 13.7. The summed E-state index contributed by atoms with van der Waals surface area (Å²) in [5.41, 5.74) is 2.17. The first-order valence-corrected chi connectivity index (χ1v) is 7.56. The van der Waals surface area contributed by atoms with E-state index in [1.165, 1.54) is 0 Å². The fourth-order valence-electron chi connectivity index (χ4n) is 2.29. The first-order chi connectivity index (χ1) is 10.5. The van der Waals surface area contributed by atoms with Crippen LogP contribution in [0.1, 0.15) is 24.2 Å². The molecule has 123 valence electrons. The van der Waals surface area contributed by atoms with E-state index in [9.17, 15) is 4.79 Å². The molecule has 0 saturated carbocycles. The standard InChI is InChI=1S/C14H26BN4O3/c1-12-11-13(2)19(17-12)10-9-18(7-4-5-14(20)21)8-6-16-15-22-3/h11,16H,4-10H2,1-3H3,(H,20,21). The third-order valence-corrected chi connectivity index (χ3v) is 3.37. The van der Waals surface area contributed by atoms with Crippen molar-refractivity contribution in [2.24, 2.45) is 0 Å². The van der Waals surface area contributed by atoms with Gasteiger partial charge in [-0.05, 0) is 39.4 Å². The Bertz CT molecular complexity index is 453. The molecular weight excluding hydrogens is 283 g/mol. The minimum absolute atomic E-state index is 0.202. The summed E-state index contributed by atoms with van der Waals surface area (Å²) in [6, 6.07) is 2.06. The van der Waals surface area contributed by atoms with E-state index in [1.807, 2.05) is 18.5 Å². The Morgan fingerprint density at radius 1 is 1.45 bits per heavy atom. The molecule has 0 spiro atoms. The SMILES string of the molecule is CO[B]NCCN(CCCC(=O)O)CCn1nc(C)cc1C. The maximum atomic E-state index is 10.6. The second-order valence-electron chi connectivity index (χ2n) is 5.30. The summed E-state index contributed by atoms with van der Waals surface area (Å²) in [6.45, 7) is 8.04. The highest BCUT2D eigenvalue weighted by molar-refractivity contribution is 6.23. The number of aliphatic carboxylic acids is 1. The first-order valence-electron chi connectivity index (χ1n) is 7.56. The monoisotopic (exact) mass is 309 g/mol. The smallest absolute Gasteiger partial charge is 0.395 e. The Morgan fingerprint density at radius 2 is 2.23 bits per heavy atom. The molecule has 1 aromatic heterocycles. The van der Waals surface area contributed by atoms with Crippen molar-refractivity contribution in [3.8, 4) is 0 Å². The first kappa shape index (κ1) is 18.7. The van der Waals surface area contributed by atoms with Gasteiger partial charge in [-0.15, -0.1) is 0 Å². The van der Waals surface area contributed by atoms with Crippen molar-refractivity contribution in [2.75, 3.05) is 33.3 Å². The highest BCUT2D eigenvalue weighted by Crippen LogP contribution is 2.03. The molecule has 1 aromatic rings. The number of aromatic nitrogens is 2. The molecule has 0 fully saturated rings. The number of carbonyl (C=O) groups is 1. The number of hydrogen-bond acceptors (Lipinski definition) is 5. The van der Waals surface area contributed by atoms with Gasteiger partial charge >= 0.3 is 13.6 Å². The van der Waals surface area contributed by atoms with Crippen LogP contribution in [-0.4, -0.2) is 66.7 Å². The van der Waals surface area contributed by atoms with E-state index in [0.717, 1.165) is 44.1 Å². The van der Waals surface area contributed by atoms with Gasteiger partial charge in [0.05, 0.1) is 12.2 Å². The fraction of sp³-hybridized carbons (Fsp3) is 0.714. The maximum absolute atomic E-state index is 10.6. The molecule has 0 saturated heterocycles. The second kappa shape index (κ2) is 10.4. The molecular formula is C14H26BN4O3. The summed E-state index contributed by atoms with van der Waals surface area (Å²) in [4.78, 5) is 12.9. The number of nitrogens with zero attached hydrogens (tertiary/aromatic N) is 3. The van der Waals surface area contributed by atoms with E-state index in [2.05, 4.69) is 21.3 Å². The Kier molecular flexibility index (Phi) is 8.80. The molecule has 0 aliphatic heterocycles. The van der Waals surface area contributed by atoms with Crippen LogP contribution in [0, 0.1) is 13.8 Å². The summed E-state index contributed by atoms with van der Waals surface area (Å²) >= 11 is 0. The molecule has 7 nitrogen and oxygen atoms in total. The largest absolute Gasteiger partial charge is 0.481 e. The van der Waals surface area contributed by atoms with E-state index < -0.39 is 5.97 Å². The van der Waals surface area contributed by atoms with Crippen LogP contribution in [0.2, 0.25) is 0 Å². The molecule has 0 amide bonds. The van der Waals surface area contributed by atoms with Gasteiger partial charge in [0.2, 0.25) is 0 Å². The van der Waals surface area contributed by atoms with Gasteiger partial charge in [-0.2, -0.15) is 5.10 Å². The van der Waals surface area contributed by atoms with Crippen molar-refractivity contribution in [3.05, 3.63) is 17.5 Å². The van der Waals surface area contributed by atoms with Crippen molar-refractivity contribution in [1.82, 2.24) is 19.9 Å². The lowest BCUT2D eigenvalue weighted by molar-refractivity contribution is -0.137. The van der Waals surface area contributed by atoms with E-state index in [1.54, 1.807) is 14.7 Å². The van der Waals surface area contributed by atoms with Crippen LogP contribution in [0.15, 0.2) is 6.07 Å². The summed E-state index contributed by atoms with van der Waals surface area (Å²) in [7, 11) is 3.15. The molecule has 0 aromatic carbocycles. The molecule has 0 aliphatic rings. The van der Waals surface area contributed by atoms with E-state index >= 15 is 0 Å². The van der Waals surface area contributed by atoms with Gasteiger partial charge in [0.15, 0.2) is 0 Å². The average Bonchev–Trinajstić information content (AvgIpc) is 2.78. The molecule has 0 atom stereocenters. The molecule has 1 rings (SSSR count). The molecule has 0 aliphatic carbocycles. The summed E-state index contributed by atoms with van der Waals surface area (Å²) in [6.07, 6.45) is 0.856. The minimum atomic E-state index is -0.746. The minimum Gasteiger partial charge on any atom is -0.481 e. The Hall–Kier alpha value is -1.38. The highest BCUT2D eigenvalue weighted by Gasteiger charge is 2.08. The van der Waals surface area contributed by atoms with Crippen LogP contribution in [0.25, 0.3) is 0 Å². The lowest BCUT2D eigenvalue weighted by Gasteiger charge is -2.22. The van der Waals surface area contributed by atoms with E-state index in [0.29, 0.717) is 6.42 Å². The number of rotatable bonds is 12. The van der Waals surface area contributed by atoms with Crippen LogP contribution in [0.4, 0.5) is 0 Å². The van der Waals surface area contributed by atoms with Crippen molar-refractivity contribution in [2.45, 2.75) is 33.2 Å². The van der Waals surface area contributed by atoms with Gasteiger partial charge in [-0.25, -0.2) is 0 Å². The Balaban J connectivity index is 2.41. The molecule has 2 N–H and O–H groups in total. The third kappa shape index (κ3) is 7.58. The molecule has 1 radical (unpaired) electrons. The van der Waals surface area contributed by atoms with Gasteiger partial charge in [-0.3, -0.25) is 9.48 Å². The molecule has 22 heavy (non-hydrogen) atoms. The average molecular weight is 309 g/mol. The van der Waals surface area contributed by atoms with Gasteiger partial charge in [0.25, 0.3) is 0 Å². The predicted octanol–water partition coefficient (Wildman–Crippen LogP) is 0.437. The van der Waals surface area contributed by atoms with Gasteiger partial charge < -0.3 is 19.9 Å². The predicted molar refractivity (Wildman–Crippen MR) is 85.8 cm³/mol. The van der Waals surface area contributed by atoms with Crippen molar-refractivity contribution in [1.29, 1.82) is 0 Å². The van der Waals surface area contributed by atoms with Crippen molar-refractivity contribution >= 4 is 13.6 Å². The van der Waals surface area contributed by atoms with Crippen LogP contribution in [0.3, 0.4) is 0 Å². The number of carboxylic acids is 1. The lowest BCUT2D eigenvalue weighted by Crippen LogP contribution is -2.37. The zero-order chi connectivity index (χ0) is 16.4. The van der Waals surface area contributed by atoms with E-state index in [4.69, 9.17) is 9.76 Å². The second-order valence-corrected chi connectivity index (χ2v) is 5.30.